The Hall–Kier alpha value is -1.42. The Labute approximate surface area is 119 Å². The van der Waals surface area contributed by atoms with Crippen molar-refractivity contribution in [1.82, 2.24) is 0 Å². The third-order valence-corrected chi connectivity index (χ3v) is 3.86. The molecule has 1 atom stereocenters. The first-order chi connectivity index (χ1) is 8.97. The number of hydrogen-bond acceptors (Lipinski definition) is 1. The lowest BCUT2D eigenvalue weighted by Gasteiger charge is -2.17. The molecular weight excluding hydrogens is 312 g/mol. The molecule has 0 spiro atoms. The molecule has 1 unspecified atom stereocenters. The van der Waals surface area contributed by atoms with Gasteiger partial charge in [0.2, 0.25) is 0 Å². The second kappa shape index (κ2) is 5.70. The fourth-order valence-corrected chi connectivity index (χ4v) is 2.16. The van der Waals surface area contributed by atoms with Gasteiger partial charge in [-0.1, -0.05) is 15.9 Å². The minimum absolute atomic E-state index is 0.309. The van der Waals surface area contributed by atoms with Crippen molar-refractivity contribution in [2.24, 2.45) is 0 Å². The number of halogens is 3. The molecule has 0 aliphatic heterocycles. The summed E-state index contributed by atoms with van der Waals surface area (Å²) in [7, 11) is 0. The summed E-state index contributed by atoms with van der Waals surface area (Å²) in [5.41, 5.74) is 2.27. The zero-order chi connectivity index (χ0) is 14.0. The standard InChI is InChI=1S/C15H14BrF2N/c1-9-7-12(4-5-14(9)16)19-10(2)13-8-11(17)3-6-15(13)18/h3-8,10,19H,1-2H3. The van der Waals surface area contributed by atoms with E-state index in [0.717, 1.165) is 27.9 Å². The van der Waals surface area contributed by atoms with E-state index < -0.39 is 11.6 Å². The van der Waals surface area contributed by atoms with Gasteiger partial charge in [0.05, 0.1) is 6.04 Å². The minimum atomic E-state index is -0.433. The molecule has 0 aliphatic rings. The van der Waals surface area contributed by atoms with E-state index in [-0.39, 0.29) is 6.04 Å². The Balaban J connectivity index is 2.22. The topological polar surface area (TPSA) is 12.0 Å². The molecule has 0 aromatic heterocycles. The van der Waals surface area contributed by atoms with Crippen molar-refractivity contribution in [3.63, 3.8) is 0 Å². The number of nitrogens with one attached hydrogen (secondary N) is 1. The summed E-state index contributed by atoms with van der Waals surface area (Å²) < 4.78 is 27.8. The average molecular weight is 326 g/mol. The lowest BCUT2D eigenvalue weighted by atomic mass is 10.1. The summed E-state index contributed by atoms with van der Waals surface area (Å²) in [6.45, 7) is 3.78. The number of anilines is 1. The van der Waals surface area contributed by atoms with E-state index in [2.05, 4.69) is 21.2 Å². The molecule has 0 fully saturated rings. The molecule has 0 saturated carbocycles. The molecule has 1 N–H and O–H groups in total. The molecule has 0 aliphatic carbocycles. The largest absolute Gasteiger partial charge is 0.378 e. The van der Waals surface area contributed by atoms with E-state index >= 15 is 0 Å². The molecule has 0 saturated heterocycles. The van der Waals surface area contributed by atoms with Crippen LogP contribution in [0.25, 0.3) is 0 Å². The van der Waals surface area contributed by atoms with Gasteiger partial charge in [-0.15, -0.1) is 0 Å². The van der Waals surface area contributed by atoms with Crippen molar-refractivity contribution in [2.45, 2.75) is 19.9 Å². The highest BCUT2D eigenvalue weighted by molar-refractivity contribution is 9.10. The molecule has 0 bridgehead atoms. The van der Waals surface area contributed by atoms with Gasteiger partial charge in [0, 0.05) is 15.7 Å². The van der Waals surface area contributed by atoms with Crippen LogP contribution in [-0.4, -0.2) is 0 Å². The lowest BCUT2D eigenvalue weighted by molar-refractivity contribution is 0.577. The first-order valence-corrected chi connectivity index (χ1v) is 6.74. The average Bonchev–Trinajstić information content (AvgIpc) is 2.36. The van der Waals surface area contributed by atoms with Crippen LogP contribution >= 0.6 is 15.9 Å². The summed E-state index contributed by atoms with van der Waals surface area (Å²) in [6.07, 6.45) is 0. The first kappa shape index (κ1) is 14.0. The minimum Gasteiger partial charge on any atom is -0.378 e. The number of benzene rings is 2. The van der Waals surface area contributed by atoms with Gasteiger partial charge >= 0.3 is 0 Å². The number of hydrogen-bond donors (Lipinski definition) is 1. The molecule has 19 heavy (non-hydrogen) atoms. The quantitative estimate of drug-likeness (QED) is 0.816. The molecule has 1 nitrogen and oxygen atoms in total. The predicted octanol–water partition coefficient (Wildman–Crippen LogP) is 5.21. The van der Waals surface area contributed by atoms with Crippen LogP contribution in [0, 0.1) is 18.6 Å². The molecule has 0 heterocycles. The summed E-state index contributed by atoms with van der Waals surface area (Å²) >= 11 is 3.42. The lowest BCUT2D eigenvalue weighted by Crippen LogP contribution is -2.09. The van der Waals surface area contributed by atoms with Crippen LogP contribution in [0.5, 0.6) is 0 Å². The van der Waals surface area contributed by atoms with E-state index in [4.69, 9.17) is 0 Å². The van der Waals surface area contributed by atoms with Crippen LogP contribution in [0.2, 0.25) is 0 Å². The third kappa shape index (κ3) is 3.32. The Morgan fingerprint density at radius 3 is 2.53 bits per heavy atom. The molecule has 100 valence electrons. The zero-order valence-corrected chi connectivity index (χ0v) is 12.3. The van der Waals surface area contributed by atoms with E-state index in [1.807, 2.05) is 25.1 Å². The van der Waals surface area contributed by atoms with Gasteiger partial charge in [-0.3, -0.25) is 0 Å². The number of rotatable bonds is 3. The molecule has 2 aromatic carbocycles. The van der Waals surface area contributed by atoms with Crippen molar-refractivity contribution >= 4 is 21.6 Å². The second-order valence-electron chi connectivity index (χ2n) is 4.50. The highest BCUT2D eigenvalue weighted by Gasteiger charge is 2.12. The van der Waals surface area contributed by atoms with Crippen LogP contribution in [0.4, 0.5) is 14.5 Å². The Morgan fingerprint density at radius 2 is 1.84 bits per heavy atom. The Morgan fingerprint density at radius 1 is 1.11 bits per heavy atom. The highest BCUT2D eigenvalue weighted by atomic mass is 79.9. The third-order valence-electron chi connectivity index (χ3n) is 2.97. The SMILES string of the molecule is Cc1cc(NC(C)c2cc(F)ccc2F)ccc1Br. The molecular formula is C15H14BrF2N. The monoisotopic (exact) mass is 325 g/mol. The fraction of sp³-hybridized carbons (Fsp3) is 0.200. The maximum absolute atomic E-state index is 13.7. The Kier molecular flexibility index (Phi) is 4.20. The molecule has 2 rings (SSSR count). The van der Waals surface area contributed by atoms with Crippen LogP contribution in [0.3, 0.4) is 0 Å². The van der Waals surface area contributed by atoms with Crippen LogP contribution in [0.1, 0.15) is 24.1 Å². The fourth-order valence-electron chi connectivity index (χ4n) is 1.91. The van der Waals surface area contributed by atoms with Crippen molar-refractivity contribution in [3.05, 3.63) is 63.6 Å². The first-order valence-electron chi connectivity index (χ1n) is 5.95. The van der Waals surface area contributed by atoms with E-state index in [0.29, 0.717) is 5.56 Å². The van der Waals surface area contributed by atoms with Crippen molar-refractivity contribution in [2.75, 3.05) is 5.32 Å². The van der Waals surface area contributed by atoms with Crippen LogP contribution in [-0.2, 0) is 0 Å². The normalized spacial score (nSPS) is 12.3. The Bertz CT molecular complexity index is 599. The summed E-state index contributed by atoms with van der Waals surface area (Å²) in [5.74, 6) is -0.840. The van der Waals surface area contributed by atoms with Gasteiger partial charge in [0.15, 0.2) is 0 Å². The maximum atomic E-state index is 13.7. The van der Waals surface area contributed by atoms with E-state index in [1.165, 1.54) is 6.07 Å². The summed E-state index contributed by atoms with van der Waals surface area (Å²) in [6, 6.07) is 8.95. The summed E-state index contributed by atoms with van der Waals surface area (Å²) in [4.78, 5) is 0. The molecule has 0 amide bonds. The summed E-state index contributed by atoms with van der Waals surface area (Å²) in [5, 5.41) is 3.17. The van der Waals surface area contributed by atoms with Gasteiger partial charge in [-0.05, 0) is 55.8 Å². The van der Waals surface area contributed by atoms with Gasteiger partial charge < -0.3 is 5.32 Å². The predicted molar refractivity (Wildman–Crippen MR) is 77.3 cm³/mol. The number of aryl methyl sites for hydroxylation is 1. The maximum Gasteiger partial charge on any atom is 0.128 e. The van der Waals surface area contributed by atoms with Crippen molar-refractivity contribution in [1.29, 1.82) is 0 Å². The van der Waals surface area contributed by atoms with Crippen LogP contribution in [0.15, 0.2) is 40.9 Å². The van der Waals surface area contributed by atoms with E-state index in [1.54, 1.807) is 6.92 Å². The van der Waals surface area contributed by atoms with Gasteiger partial charge in [0.25, 0.3) is 0 Å². The van der Waals surface area contributed by atoms with Crippen molar-refractivity contribution in [3.8, 4) is 0 Å². The van der Waals surface area contributed by atoms with Crippen molar-refractivity contribution < 1.29 is 8.78 Å². The van der Waals surface area contributed by atoms with E-state index in [9.17, 15) is 8.78 Å². The second-order valence-corrected chi connectivity index (χ2v) is 5.35. The zero-order valence-electron chi connectivity index (χ0n) is 10.7. The van der Waals surface area contributed by atoms with Gasteiger partial charge in [-0.2, -0.15) is 0 Å². The highest BCUT2D eigenvalue weighted by Crippen LogP contribution is 2.25. The smallest absolute Gasteiger partial charge is 0.128 e. The molecule has 2 aromatic rings. The molecule has 0 radical (unpaired) electrons. The van der Waals surface area contributed by atoms with Crippen LogP contribution < -0.4 is 5.32 Å². The van der Waals surface area contributed by atoms with Gasteiger partial charge in [-0.25, -0.2) is 8.78 Å². The molecule has 4 heteroatoms. The van der Waals surface area contributed by atoms with Gasteiger partial charge in [0.1, 0.15) is 11.6 Å².